The second kappa shape index (κ2) is 5.84. The minimum absolute atomic E-state index is 0.0422. The molecule has 1 aromatic heterocycles. The van der Waals surface area contributed by atoms with E-state index in [2.05, 4.69) is 4.98 Å². The lowest BCUT2D eigenvalue weighted by Crippen LogP contribution is -2.02. The van der Waals surface area contributed by atoms with Gasteiger partial charge in [0.05, 0.1) is 0 Å². The van der Waals surface area contributed by atoms with Gasteiger partial charge in [-0.05, 0) is 24.5 Å². The molecule has 0 bridgehead atoms. The van der Waals surface area contributed by atoms with E-state index in [-0.39, 0.29) is 12.4 Å². The Morgan fingerprint density at radius 2 is 2.11 bits per heavy atom. The zero-order valence-corrected chi connectivity index (χ0v) is 10.7. The predicted molar refractivity (Wildman–Crippen MR) is 70.4 cm³/mol. The number of rotatable bonds is 4. The number of benzene rings is 1. The monoisotopic (exact) mass is 264 g/mol. The molecule has 18 heavy (non-hydrogen) atoms. The third kappa shape index (κ3) is 2.63. The van der Waals surface area contributed by atoms with Gasteiger partial charge in [-0.2, -0.15) is 0 Å². The summed E-state index contributed by atoms with van der Waals surface area (Å²) in [4.78, 5) is 4.82. The van der Waals surface area contributed by atoms with Gasteiger partial charge in [-0.15, -0.1) is 11.8 Å². The fraction of sp³-hybridized carbons (Fsp3) is 0.154. The van der Waals surface area contributed by atoms with Crippen LogP contribution in [-0.4, -0.2) is 11.2 Å². The average Bonchev–Trinajstić information content (AvgIpc) is 2.42. The number of pyridine rings is 1. The maximum atomic E-state index is 13.9. The van der Waals surface area contributed by atoms with Crippen molar-refractivity contribution in [1.29, 1.82) is 0 Å². The smallest absolute Gasteiger partial charge is 0.256 e. The number of para-hydroxylation sites is 1. The molecule has 5 heteroatoms. The van der Waals surface area contributed by atoms with E-state index in [0.29, 0.717) is 11.3 Å². The number of nitrogens with zero attached hydrogens (tertiary/aromatic N) is 1. The number of nitrogens with two attached hydrogens (primary N) is 1. The van der Waals surface area contributed by atoms with Crippen molar-refractivity contribution < 1.29 is 9.13 Å². The van der Waals surface area contributed by atoms with E-state index < -0.39 is 5.82 Å². The van der Waals surface area contributed by atoms with Gasteiger partial charge in [0, 0.05) is 23.2 Å². The lowest BCUT2D eigenvalue weighted by molar-refractivity contribution is 0.411. The third-order valence-corrected chi connectivity index (χ3v) is 3.21. The van der Waals surface area contributed by atoms with E-state index in [4.69, 9.17) is 10.5 Å². The maximum absolute atomic E-state index is 13.9. The Morgan fingerprint density at radius 1 is 1.33 bits per heavy atom. The first-order chi connectivity index (χ1) is 8.76. The van der Waals surface area contributed by atoms with Crippen LogP contribution >= 0.6 is 11.8 Å². The van der Waals surface area contributed by atoms with Crippen LogP contribution < -0.4 is 10.5 Å². The topological polar surface area (TPSA) is 48.1 Å². The van der Waals surface area contributed by atoms with Crippen molar-refractivity contribution in [3.63, 3.8) is 0 Å². The Kier molecular flexibility index (Phi) is 4.17. The highest BCUT2D eigenvalue weighted by molar-refractivity contribution is 7.98. The number of aromatic nitrogens is 1. The molecule has 0 spiro atoms. The number of hydrogen-bond acceptors (Lipinski definition) is 4. The highest BCUT2D eigenvalue weighted by Crippen LogP contribution is 2.31. The molecule has 0 fully saturated rings. The maximum Gasteiger partial charge on any atom is 0.256 e. The molecule has 3 nitrogen and oxygen atoms in total. The number of hydrogen-bond donors (Lipinski definition) is 1. The van der Waals surface area contributed by atoms with E-state index in [1.807, 2.05) is 24.5 Å². The largest absolute Gasteiger partial charge is 0.435 e. The zero-order valence-electron chi connectivity index (χ0n) is 9.89. The van der Waals surface area contributed by atoms with Gasteiger partial charge >= 0.3 is 0 Å². The first-order valence-electron chi connectivity index (χ1n) is 5.40. The molecular weight excluding hydrogens is 251 g/mol. The molecule has 2 aromatic rings. The van der Waals surface area contributed by atoms with Crippen molar-refractivity contribution >= 4 is 11.8 Å². The summed E-state index contributed by atoms with van der Waals surface area (Å²) in [6, 6.07) is 8.97. The van der Waals surface area contributed by atoms with Crippen LogP contribution in [0.3, 0.4) is 0 Å². The molecule has 0 saturated heterocycles. The zero-order chi connectivity index (χ0) is 13.0. The molecule has 94 valence electrons. The van der Waals surface area contributed by atoms with Gasteiger partial charge < -0.3 is 10.5 Å². The molecule has 0 saturated carbocycles. The molecule has 0 aliphatic heterocycles. The Morgan fingerprint density at radius 3 is 2.83 bits per heavy atom. The molecule has 0 aliphatic carbocycles. The van der Waals surface area contributed by atoms with Gasteiger partial charge in [0.1, 0.15) is 5.75 Å². The lowest BCUT2D eigenvalue weighted by Gasteiger charge is -2.10. The van der Waals surface area contributed by atoms with E-state index in [0.717, 1.165) is 4.90 Å². The van der Waals surface area contributed by atoms with E-state index in [9.17, 15) is 4.39 Å². The minimum Gasteiger partial charge on any atom is -0.435 e. The number of ether oxygens (including phenoxy) is 1. The Labute approximate surface area is 109 Å². The summed E-state index contributed by atoms with van der Waals surface area (Å²) in [5, 5.41) is 0. The Balaban J connectivity index is 2.34. The fourth-order valence-electron chi connectivity index (χ4n) is 1.50. The van der Waals surface area contributed by atoms with E-state index >= 15 is 0 Å². The van der Waals surface area contributed by atoms with Crippen molar-refractivity contribution in [2.24, 2.45) is 5.73 Å². The van der Waals surface area contributed by atoms with Crippen LogP contribution in [-0.2, 0) is 6.54 Å². The quantitative estimate of drug-likeness (QED) is 0.861. The lowest BCUT2D eigenvalue weighted by atomic mass is 10.2. The summed E-state index contributed by atoms with van der Waals surface area (Å²) in [5.41, 5.74) is 5.83. The van der Waals surface area contributed by atoms with Crippen LogP contribution in [0.25, 0.3) is 0 Å². The summed E-state index contributed by atoms with van der Waals surface area (Å²) < 4.78 is 19.4. The Hall–Kier alpha value is -1.59. The minimum atomic E-state index is -0.504. The highest BCUT2D eigenvalue weighted by Gasteiger charge is 2.12. The van der Waals surface area contributed by atoms with Gasteiger partial charge in [0.25, 0.3) is 5.88 Å². The standard InChI is InChI=1S/C13H13FN2OS/c1-18-11-5-3-2-4-10(11)17-13-12(14)9(8-15)6-7-16-13/h2-7H,8,15H2,1H3. The molecule has 1 heterocycles. The van der Waals surface area contributed by atoms with E-state index in [1.165, 1.54) is 18.0 Å². The number of halogens is 1. The van der Waals surface area contributed by atoms with Crippen molar-refractivity contribution in [2.45, 2.75) is 11.4 Å². The van der Waals surface area contributed by atoms with Crippen LogP contribution in [0.15, 0.2) is 41.4 Å². The summed E-state index contributed by atoms with van der Waals surface area (Å²) >= 11 is 1.53. The van der Waals surface area contributed by atoms with Gasteiger partial charge in [-0.1, -0.05) is 12.1 Å². The first kappa shape index (κ1) is 12.9. The summed E-state index contributed by atoms with van der Waals surface area (Å²) in [5.74, 6) is 0.0425. The third-order valence-electron chi connectivity index (χ3n) is 2.43. The van der Waals surface area contributed by atoms with Crippen molar-refractivity contribution in [3.05, 3.63) is 47.9 Å². The molecular formula is C13H13FN2OS. The van der Waals surface area contributed by atoms with Crippen molar-refractivity contribution in [1.82, 2.24) is 4.98 Å². The molecule has 0 amide bonds. The predicted octanol–water partition coefficient (Wildman–Crippen LogP) is 3.19. The molecule has 0 radical (unpaired) electrons. The average molecular weight is 264 g/mol. The van der Waals surface area contributed by atoms with Gasteiger partial charge in [0.2, 0.25) is 0 Å². The normalized spacial score (nSPS) is 10.4. The second-order valence-corrected chi connectivity index (χ2v) is 4.39. The molecule has 0 unspecified atom stereocenters. The van der Waals surface area contributed by atoms with Gasteiger partial charge in [-0.3, -0.25) is 0 Å². The molecule has 0 aliphatic rings. The van der Waals surface area contributed by atoms with Gasteiger partial charge in [0.15, 0.2) is 5.82 Å². The fourth-order valence-corrected chi connectivity index (χ4v) is 2.02. The van der Waals surface area contributed by atoms with Crippen LogP contribution in [0, 0.1) is 5.82 Å². The molecule has 2 rings (SSSR count). The van der Waals surface area contributed by atoms with Crippen LogP contribution in [0.2, 0.25) is 0 Å². The van der Waals surface area contributed by atoms with Crippen molar-refractivity contribution in [2.75, 3.05) is 6.26 Å². The van der Waals surface area contributed by atoms with Crippen molar-refractivity contribution in [3.8, 4) is 11.6 Å². The number of thioether (sulfide) groups is 1. The first-order valence-corrected chi connectivity index (χ1v) is 6.63. The Bertz CT molecular complexity index is 548. The molecule has 2 N–H and O–H groups in total. The van der Waals surface area contributed by atoms with Crippen LogP contribution in [0.4, 0.5) is 4.39 Å². The highest BCUT2D eigenvalue weighted by atomic mass is 32.2. The molecule has 1 aromatic carbocycles. The summed E-state index contributed by atoms with van der Waals surface area (Å²) in [6.07, 6.45) is 3.42. The summed E-state index contributed by atoms with van der Waals surface area (Å²) in [7, 11) is 0. The van der Waals surface area contributed by atoms with Gasteiger partial charge in [-0.25, -0.2) is 9.37 Å². The summed E-state index contributed by atoms with van der Waals surface area (Å²) in [6.45, 7) is 0.120. The SMILES string of the molecule is CSc1ccccc1Oc1nccc(CN)c1F. The van der Waals surface area contributed by atoms with Crippen LogP contribution in [0.5, 0.6) is 11.6 Å². The van der Waals surface area contributed by atoms with Crippen LogP contribution in [0.1, 0.15) is 5.56 Å². The second-order valence-electron chi connectivity index (χ2n) is 3.55. The molecule has 0 atom stereocenters. The van der Waals surface area contributed by atoms with E-state index in [1.54, 1.807) is 12.1 Å².